The number of rotatable bonds is 4. The van der Waals surface area contributed by atoms with Gasteiger partial charge in [-0.05, 0) is 42.5 Å². The van der Waals surface area contributed by atoms with Crippen LogP contribution in [0.25, 0.3) is 33.0 Å². The summed E-state index contributed by atoms with van der Waals surface area (Å²) in [5, 5.41) is 2.81. The fourth-order valence-electron chi connectivity index (χ4n) is 6.41. The minimum atomic E-state index is 0.845. The van der Waals surface area contributed by atoms with Gasteiger partial charge >= 0.3 is 0 Å². The Morgan fingerprint density at radius 3 is 1.55 bits per heavy atom. The quantitative estimate of drug-likeness (QED) is 0.338. The number of hydrogen-bond acceptors (Lipinski definition) is 0. The Balaban J connectivity index is 1.52. The Morgan fingerprint density at radius 1 is 0.645 bits per heavy atom. The minimum absolute atomic E-state index is 0.845. The lowest BCUT2D eigenvalue weighted by Crippen LogP contribution is -2.04. The molecule has 0 spiro atoms. The van der Waals surface area contributed by atoms with Crippen LogP contribution < -0.4 is 0 Å². The SMILES string of the molecule is C=CCn1c2c(c3ccccc31)CC1=C2C2=C(C1)Cc1c2n(CC=C)c2ccccc12. The summed E-state index contributed by atoms with van der Waals surface area (Å²) in [6, 6.07) is 17.8. The van der Waals surface area contributed by atoms with E-state index in [1.165, 1.54) is 55.5 Å². The molecule has 2 heteroatoms. The second-order valence-electron chi connectivity index (χ2n) is 8.97. The van der Waals surface area contributed by atoms with Crippen molar-refractivity contribution in [1.29, 1.82) is 0 Å². The predicted molar refractivity (Wildman–Crippen MR) is 130 cm³/mol. The molecule has 0 amide bonds. The van der Waals surface area contributed by atoms with Gasteiger partial charge in [0.15, 0.2) is 0 Å². The normalized spacial score (nSPS) is 16.3. The molecule has 150 valence electrons. The first kappa shape index (κ1) is 17.2. The summed E-state index contributed by atoms with van der Waals surface area (Å²) in [4.78, 5) is 0. The summed E-state index contributed by atoms with van der Waals surface area (Å²) in [7, 11) is 0. The molecule has 0 fully saturated rings. The summed E-state index contributed by atoms with van der Waals surface area (Å²) in [5.74, 6) is 0. The van der Waals surface area contributed by atoms with Gasteiger partial charge in [0.05, 0.1) is 11.4 Å². The van der Waals surface area contributed by atoms with Crippen molar-refractivity contribution in [2.24, 2.45) is 0 Å². The largest absolute Gasteiger partial charge is 0.336 e. The molecule has 2 heterocycles. The maximum Gasteiger partial charge on any atom is 0.0536 e. The second-order valence-corrected chi connectivity index (χ2v) is 8.97. The van der Waals surface area contributed by atoms with Gasteiger partial charge < -0.3 is 9.13 Å². The molecule has 0 bridgehead atoms. The van der Waals surface area contributed by atoms with Gasteiger partial charge in [0.2, 0.25) is 0 Å². The van der Waals surface area contributed by atoms with Gasteiger partial charge in [0, 0.05) is 46.0 Å². The lowest BCUT2D eigenvalue weighted by molar-refractivity contribution is 0.843. The Hall–Kier alpha value is -3.52. The molecule has 4 aromatic rings. The highest BCUT2D eigenvalue weighted by atomic mass is 15.0. The number of nitrogens with zero attached hydrogens (tertiary/aromatic N) is 2. The van der Waals surface area contributed by atoms with Crippen LogP contribution in [-0.4, -0.2) is 9.13 Å². The molecule has 0 unspecified atom stereocenters. The highest BCUT2D eigenvalue weighted by Gasteiger charge is 2.41. The van der Waals surface area contributed by atoms with Crippen LogP contribution >= 0.6 is 0 Å². The molecular formula is C29H24N2. The molecule has 0 saturated carbocycles. The van der Waals surface area contributed by atoms with Crippen molar-refractivity contribution in [1.82, 2.24) is 9.13 Å². The lowest BCUT2D eigenvalue weighted by atomic mass is 10.0. The standard InChI is InChI=1S/C29H24N2/c1-3-13-30-24-11-7-5-9-20(24)22-16-18-15-19-17-23-21-10-6-8-12-25(21)31(14-4-2)29(23)27(19)26(18)28(22)30/h3-12H,1-2,13-17H2. The first-order valence-electron chi connectivity index (χ1n) is 11.2. The summed E-state index contributed by atoms with van der Waals surface area (Å²) in [5.41, 5.74) is 14.8. The van der Waals surface area contributed by atoms with Crippen LogP contribution in [0.5, 0.6) is 0 Å². The smallest absolute Gasteiger partial charge is 0.0536 e. The van der Waals surface area contributed by atoms with Crippen molar-refractivity contribution in [2.75, 3.05) is 0 Å². The van der Waals surface area contributed by atoms with E-state index in [1.54, 1.807) is 11.1 Å². The third-order valence-electron chi connectivity index (χ3n) is 7.41. The van der Waals surface area contributed by atoms with Crippen molar-refractivity contribution in [3.63, 3.8) is 0 Å². The van der Waals surface area contributed by atoms with E-state index in [9.17, 15) is 0 Å². The van der Waals surface area contributed by atoms with E-state index in [0.717, 1.165) is 32.4 Å². The Morgan fingerprint density at radius 2 is 1.10 bits per heavy atom. The maximum atomic E-state index is 4.06. The molecule has 31 heavy (non-hydrogen) atoms. The molecule has 2 nitrogen and oxygen atoms in total. The zero-order valence-electron chi connectivity index (χ0n) is 17.6. The highest BCUT2D eigenvalue weighted by Crippen LogP contribution is 2.57. The monoisotopic (exact) mass is 400 g/mol. The number of allylic oxidation sites excluding steroid dienone is 6. The molecule has 7 rings (SSSR count). The summed E-state index contributed by atoms with van der Waals surface area (Å²) in [6.45, 7) is 9.81. The number of para-hydroxylation sites is 2. The van der Waals surface area contributed by atoms with E-state index in [0.29, 0.717) is 0 Å². The summed E-state index contributed by atoms with van der Waals surface area (Å²) in [6.07, 6.45) is 7.35. The Labute approximate surface area is 182 Å². The first-order chi connectivity index (χ1) is 15.3. The molecule has 0 saturated heterocycles. The number of hydrogen-bond donors (Lipinski definition) is 0. The molecule has 2 aromatic heterocycles. The molecule has 0 N–H and O–H groups in total. The highest BCUT2D eigenvalue weighted by molar-refractivity contribution is 6.17. The van der Waals surface area contributed by atoms with Gasteiger partial charge in [-0.2, -0.15) is 0 Å². The van der Waals surface area contributed by atoms with E-state index in [4.69, 9.17) is 0 Å². The van der Waals surface area contributed by atoms with Gasteiger partial charge in [-0.1, -0.05) is 59.7 Å². The molecule has 0 radical (unpaired) electrons. The van der Waals surface area contributed by atoms with E-state index < -0.39 is 0 Å². The van der Waals surface area contributed by atoms with Crippen LogP contribution in [0, 0.1) is 0 Å². The fourth-order valence-corrected chi connectivity index (χ4v) is 6.41. The van der Waals surface area contributed by atoms with Crippen LogP contribution in [0.3, 0.4) is 0 Å². The summed E-state index contributed by atoms with van der Waals surface area (Å²) >= 11 is 0. The van der Waals surface area contributed by atoms with Crippen molar-refractivity contribution < 1.29 is 0 Å². The molecule has 0 atom stereocenters. The molecule has 0 aliphatic heterocycles. The Bertz CT molecular complexity index is 1410. The number of fused-ring (bicyclic) bond motifs is 9. The van der Waals surface area contributed by atoms with Gasteiger partial charge in [-0.25, -0.2) is 0 Å². The van der Waals surface area contributed by atoms with Crippen LogP contribution in [0.2, 0.25) is 0 Å². The number of benzene rings is 2. The second kappa shape index (κ2) is 6.01. The zero-order valence-corrected chi connectivity index (χ0v) is 17.6. The minimum Gasteiger partial charge on any atom is -0.336 e. The van der Waals surface area contributed by atoms with E-state index in [-0.39, 0.29) is 0 Å². The number of aromatic nitrogens is 2. The molecule has 3 aliphatic carbocycles. The fraction of sp³-hybridized carbons (Fsp3) is 0.172. The molecule has 2 aromatic carbocycles. The van der Waals surface area contributed by atoms with Crippen LogP contribution in [0.4, 0.5) is 0 Å². The average molecular weight is 401 g/mol. The van der Waals surface area contributed by atoms with Crippen LogP contribution in [-0.2, 0) is 25.9 Å². The van der Waals surface area contributed by atoms with E-state index in [1.807, 2.05) is 12.2 Å². The first-order valence-corrected chi connectivity index (χ1v) is 11.2. The van der Waals surface area contributed by atoms with Crippen LogP contribution in [0.1, 0.15) is 28.9 Å². The van der Waals surface area contributed by atoms with Crippen molar-refractivity contribution in [3.8, 4) is 0 Å². The molecular weight excluding hydrogens is 376 g/mol. The topological polar surface area (TPSA) is 9.86 Å². The third-order valence-corrected chi connectivity index (χ3v) is 7.41. The lowest BCUT2D eigenvalue weighted by Gasteiger charge is -2.15. The summed E-state index contributed by atoms with van der Waals surface area (Å²) < 4.78 is 4.99. The average Bonchev–Trinajstić information content (AvgIpc) is 3.54. The maximum absolute atomic E-state index is 4.06. The van der Waals surface area contributed by atoms with Gasteiger partial charge in [0.1, 0.15) is 0 Å². The predicted octanol–water partition coefficient (Wildman–Crippen LogP) is 6.69. The van der Waals surface area contributed by atoms with Crippen molar-refractivity contribution in [2.45, 2.75) is 32.4 Å². The van der Waals surface area contributed by atoms with Gasteiger partial charge in [0.25, 0.3) is 0 Å². The Kier molecular flexibility index (Phi) is 3.33. The van der Waals surface area contributed by atoms with Crippen molar-refractivity contribution >= 4 is 33.0 Å². The van der Waals surface area contributed by atoms with E-state index in [2.05, 4.69) is 70.8 Å². The van der Waals surface area contributed by atoms with Crippen LogP contribution in [0.15, 0.2) is 85.0 Å². The third kappa shape index (κ3) is 2.03. The zero-order chi connectivity index (χ0) is 20.7. The van der Waals surface area contributed by atoms with Gasteiger partial charge in [-0.3, -0.25) is 0 Å². The van der Waals surface area contributed by atoms with E-state index >= 15 is 0 Å². The molecule has 3 aliphatic rings. The van der Waals surface area contributed by atoms with Gasteiger partial charge in [-0.15, -0.1) is 13.2 Å². The van der Waals surface area contributed by atoms with Crippen molar-refractivity contribution in [3.05, 3.63) is 108 Å².